The van der Waals surface area contributed by atoms with Crippen LogP contribution in [0.2, 0.25) is 0 Å². The van der Waals surface area contributed by atoms with Gasteiger partial charge in [0.05, 0.1) is 5.69 Å². The predicted molar refractivity (Wildman–Crippen MR) is 84.8 cm³/mol. The number of aromatic nitrogens is 3. The number of rotatable bonds is 3. The van der Waals surface area contributed by atoms with E-state index in [1.54, 1.807) is 4.68 Å². The fourth-order valence-corrected chi connectivity index (χ4v) is 2.23. The molecule has 0 spiro atoms. The lowest BCUT2D eigenvalue weighted by molar-refractivity contribution is 0.0990. The van der Waals surface area contributed by atoms with Crippen LogP contribution in [0, 0.1) is 13.8 Å². The number of para-hydroxylation sites is 1. The lowest BCUT2D eigenvalue weighted by Crippen LogP contribution is -2.13. The van der Waals surface area contributed by atoms with Crippen LogP contribution in [0.5, 0.6) is 0 Å². The summed E-state index contributed by atoms with van der Waals surface area (Å²) in [6, 6.07) is 15.6. The number of primary amides is 1. The van der Waals surface area contributed by atoms with Gasteiger partial charge in [-0.3, -0.25) is 4.79 Å². The van der Waals surface area contributed by atoms with E-state index in [2.05, 4.69) is 17.0 Å². The van der Waals surface area contributed by atoms with Gasteiger partial charge in [0.1, 0.15) is 0 Å². The molecule has 22 heavy (non-hydrogen) atoms. The zero-order valence-corrected chi connectivity index (χ0v) is 12.4. The number of carbonyl (C=O) groups is 1. The Hall–Kier alpha value is -2.95. The number of aryl methyl sites for hydroxylation is 2. The molecular formula is C17H16N4O. The van der Waals surface area contributed by atoms with Crippen LogP contribution in [0.15, 0.2) is 48.5 Å². The Kier molecular flexibility index (Phi) is 3.47. The smallest absolute Gasteiger partial charge is 0.288 e. The summed E-state index contributed by atoms with van der Waals surface area (Å²) in [7, 11) is 0. The first-order chi connectivity index (χ1) is 10.6. The predicted octanol–water partition coefficient (Wildman–Crippen LogP) is 2.65. The summed E-state index contributed by atoms with van der Waals surface area (Å²) in [6.45, 7) is 4.09. The van der Waals surface area contributed by atoms with E-state index in [0.29, 0.717) is 5.82 Å². The Labute approximate surface area is 128 Å². The molecule has 0 fully saturated rings. The van der Waals surface area contributed by atoms with Gasteiger partial charge in [0.15, 0.2) is 5.82 Å². The largest absolute Gasteiger partial charge is 0.363 e. The standard InChI is InChI=1S/C17H16N4O/c1-11-8-9-13(10-12(11)2)17-19-16(15(18)22)20-21(17)14-6-4-3-5-7-14/h3-10H,1-2H3,(H2,18,22). The third-order valence-corrected chi connectivity index (χ3v) is 3.59. The molecule has 0 radical (unpaired) electrons. The maximum Gasteiger partial charge on any atom is 0.288 e. The Morgan fingerprint density at radius 2 is 1.77 bits per heavy atom. The zero-order valence-electron chi connectivity index (χ0n) is 12.4. The summed E-state index contributed by atoms with van der Waals surface area (Å²) in [4.78, 5) is 15.7. The second kappa shape index (κ2) is 5.44. The summed E-state index contributed by atoms with van der Waals surface area (Å²) >= 11 is 0. The molecule has 0 aliphatic heterocycles. The lowest BCUT2D eigenvalue weighted by atomic mass is 10.1. The number of carbonyl (C=O) groups excluding carboxylic acids is 1. The zero-order chi connectivity index (χ0) is 15.7. The molecule has 0 saturated carbocycles. The average Bonchev–Trinajstić information content (AvgIpc) is 2.96. The Balaban J connectivity index is 2.21. The summed E-state index contributed by atoms with van der Waals surface area (Å²) in [5, 5.41) is 4.24. The van der Waals surface area contributed by atoms with Gasteiger partial charge in [-0.2, -0.15) is 0 Å². The maximum absolute atomic E-state index is 11.4. The molecule has 1 aromatic heterocycles. The molecule has 1 amide bonds. The van der Waals surface area contributed by atoms with Crippen molar-refractivity contribution < 1.29 is 4.79 Å². The van der Waals surface area contributed by atoms with E-state index in [9.17, 15) is 4.79 Å². The van der Waals surface area contributed by atoms with Crippen LogP contribution in [0.4, 0.5) is 0 Å². The first-order valence-corrected chi connectivity index (χ1v) is 6.96. The maximum atomic E-state index is 11.4. The van der Waals surface area contributed by atoms with E-state index in [0.717, 1.165) is 16.8 Å². The molecule has 0 atom stereocenters. The van der Waals surface area contributed by atoms with Crippen molar-refractivity contribution in [1.29, 1.82) is 0 Å². The molecule has 0 unspecified atom stereocenters. The summed E-state index contributed by atoms with van der Waals surface area (Å²) in [5.41, 5.74) is 9.41. The minimum atomic E-state index is -0.639. The monoisotopic (exact) mass is 292 g/mol. The fourth-order valence-electron chi connectivity index (χ4n) is 2.23. The molecule has 0 bridgehead atoms. The van der Waals surface area contributed by atoms with E-state index >= 15 is 0 Å². The molecule has 0 aliphatic carbocycles. The van der Waals surface area contributed by atoms with Gasteiger partial charge < -0.3 is 5.73 Å². The molecule has 2 aromatic carbocycles. The Bertz CT molecular complexity index is 837. The summed E-state index contributed by atoms with van der Waals surface area (Å²) in [6.07, 6.45) is 0. The summed E-state index contributed by atoms with van der Waals surface area (Å²) in [5.74, 6) is -0.0278. The molecule has 3 rings (SSSR count). The van der Waals surface area contributed by atoms with Crippen molar-refractivity contribution in [2.75, 3.05) is 0 Å². The second-order valence-corrected chi connectivity index (χ2v) is 5.17. The van der Waals surface area contributed by atoms with Gasteiger partial charge in [0.25, 0.3) is 5.91 Å². The van der Waals surface area contributed by atoms with Crippen molar-refractivity contribution >= 4 is 5.91 Å². The third-order valence-electron chi connectivity index (χ3n) is 3.59. The molecular weight excluding hydrogens is 276 g/mol. The van der Waals surface area contributed by atoms with Gasteiger partial charge in [0.2, 0.25) is 5.82 Å². The van der Waals surface area contributed by atoms with E-state index in [1.807, 2.05) is 55.5 Å². The van der Waals surface area contributed by atoms with Gasteiger partial charge in [0, 0.05) is 5.56 Å². The second-order valence-electron chi connectivity index (χ2n) is 5.17. The van der Waals surface area contributed by atoms with Gasteiger partial charge in [-0.05, 0) is 43.2 Å². The van der Waals surface area contributed by atoms with Crippen molar-refractivity contribution in [3.63, 3.8) is 0 Å². The van der Waals surface area contributed by atoms with Crippen molar-refractivity contribution in [2.45, 2.75) is 13.8 Å². The molecule has 1 heterocycles. The number of hydrogen-bond donors (Lipinski definition) is 1. The van der Waals surface area contributed by atoms with E-state index in [-0.39, 0.29) is 5.82 Å². The number of amides is 1. The summed E-state index contributed by atoms with van der Waals surface area (Å²) < 4.78 is 1.64. The first kappa shape index (κ1) is 14.0. The van der Waals surface area contributed by atoms with Crippen LogP contribution in [0.1, 0.15) is 21.7 Å². The van der Waals surface area contributed by atoms with Crippen molar-refractivity contribution in [2.24, 2.45) is 5.73 Å². The van der Waals surface area contributed by atoms with E-state index in [1.165, 1.54) is 5.56 Å². The molecule has 3 aromatic rings. The highest BCUT2D eigenvalue weighted by Crippen LogP contribution is 2.23. The van der Waals surface area contributed by atoms with Crippen LogP contribution in [0.3, 0.4) is 0 Å². The average molecular weight is 292 g/mol. The Morgan fingerprint density at radius 1 is 1.05 bits per heavy atom. The minimum Gasteiger partial charge on any atom is -0.363 e. The van der Waals surface area contributed by atoms with Crippen molar-refractivity contribution in [1.82, 2.24) is 14.8 Å². The molecule has 2 N–H and O–H groups in total. The van der Waals surface area contributed by atoms with Gasteiger partial charge in [-0.25, -0.2) is 9.67 Å². The highest BCUT2D eigenvalue weighted by Gasteiger charge is 2.16. The lowest BCUT2D eigenvalue weighted by Gasteiger charge is -2.07. The van der Waals surface area contributed by atoms with Crippen LogP contribution >= 0.6 is 0 Å². The van der Waals surface area contributed by atoms with Crippen molar-refractivity contribution in [3.8, 4) is 17.1 Å². The van der Waals surface area contributed by atoms with Crippen LogP contribution < -0.4 is 5.73 Å². The third kappa shape index (κ3) is 2.48. The van der Waals surface area contributed by atoms with Crippen LogP contribution in [-0.4, -0.2) is 20.7 Å². The molecule has 0 saturated heterocycles. The number of benzene rings is 2. The van der Waals surface area contributed by atoms with Gasteiger partial charge >= 0.3 is 0 Å². The van der Waals surface area contributed by atoms with Gasteiger partial charge in [-0.1, -0.05) is 30.3 Å². The fraction of sp³-hybridized carbons (Fsp3) is 0.118. The molecule has 0 aliphatic rings. The van der Waals surface area contributed by atoms with Crippen LogP contribution in [0.25, 0.3) is 17.1 Å². The van der Waals surface area contributed by atoms with E-state index in [4.69, 9.17) is 5.73 Å². The number of hydrogen-bond acceptors (Lipinski definition) is 3. The van der Waals surface area contributed by atoms with E-state index < -0.39 is 5.91 Å². The molecule has 110 valence electrons. The molecule has 5 heteroatoms. The SMILES string of the molecule is Cc1ccc(-c2nc(C(N)=O)nn2-c2ccccc2)cc1C. The van der Waals surface area contributed by atoms with Crippen molar-refractivity contribution in [3.05, 3.63) is 65.5 Å². The minimum absolute atomic E-state index is 0.0112. The number of nitrogens with two attached hydrogens (primary N) is 1. The van der Waals surface area contributed by atoms with Crippen LogP contribution in [-0.2, 0) is 0 Å². The number of nitrogens with zero attached hydrogens (tertiary/aromatic N) is 3. The quantitative estimate of drug-likeness (QED) is 0.806. The Morgan fingerprint density at radius 3 is 2.41 bits per heavy atom. The highest BCUT2D eigenvalue weighted by molar-refractivity contribution is 5.89. The highest BCUT2D eigenvalue weighted by atomic mass is 16.1. The van der Waals surface area contributed by atoms with Gasteiger partial charge in [-0.15, -0.1) is 5.10 Å². The topological polar surface area (TPSA) is 73.8 Å². The molecule has 5 nitrogen and oxygen atoms in total. The first-order valence-electron chi connectivity index (χ1n) is 6.96. The normalized spacial score (nSPS) is 10.6.